The third-order valence-electron chi connectivity index (χ3n) is 4.14. The first-order chi connectivity index (χ1) is 10.3. The van der Waals surface area contributed by atoms with E-state index in [1.54, 1.807) is 0 Å². The Morgan fingerprint density at radius 2 is 1.86 bits per heavy atom. The number of amides is 1. The molecule has 0 aliphatic heterocycles. The Morgan fingerprint density at radius 1 is 1.23 bits per heavy atom. The summed E-state index contributed by atoms with van der Waals surface area (Å²) >= 11 is 0. The third-order valence-corrected chi connectivity index (χ3v) is 4.14. The SMILES string of the molecule is CCC(C)(C)NC(=O)Cc1c(C)nn(-c2ccccc2)c1C. The van der Waals surface area contributed by atoms with Gasteiger partial charge in [0, 0.05) is 16.8 Å². The van der Waals surface area contributed by atoms with Gasteiger partial charge in [0.05, 0.1) is 17.8 Å². The van der Waals surface area contributed by atoms with Crippen LogP contribution in [0.25, 0.3) is 5.69 Å². The number of nitrogens with one attached hydrogen (secondary N) is 1. The molecule has 4 nitrogen and oxygen atoms in total. The zero-order valence-corrected chi connectivity index (χ0v) is 14.1. The summed E-state index contributed by atoms with van der Waals surface area (Å²) in [5, 5.41) is 7.67. The molecule has 0 bridgehead atoms. The second-order valence-electron chi connectivity index (χ2n) is 6.36. The molecule has 1 heterocycles. The van der Waals surface area contributed by atoms with E-state index in [4.69, 9.17) is 0 Å². The smallest absolute Gasteiger partial charge is 0.224 e. The average Bonchev–Trinajstić information content (AvgIpc) is 2.76. The Balaban J connectivity index is 2.23. The van der Waals surface area contributed by atoms with Crippen molar-refractivity contribution in [3.05, 3.63) is 47.3 Å². The second kappa shape index (κ2) is 6.34. The van der Waals surface area contributed by atoms with Gasteiger partial charge in [0.1, 0.15) is 0 Å². The summed E-state index contributed by atoms with van der Waals surface area (Å²) in [6.07, 6.45) is 1.27. The number of nitrogens with zero attached hydrogens (tertiary/aromatic N) is 2. The molecule has 0 atom stereocenters. The van der Waals surface area contributed by atoms with Crippen LogP contribution < -0.4 is 5.32 Å². The molecule has 4 heteroatoms. The van der Waals surface area contributed by atoms with E-state index < -0.39 is 0 Å². The van der Waals surface area contributed by atoms with Crippen molar-refractivity contribution < 1.29 is 4.79 Å². The van der Waals surface area contributed by atoms with Gasteiger partial charge < -0.3 is 5.32 Å². The van der Waals surface area contributed by atoms with Crippen molar-refractivity contribution >= 4 is 5.91 Å². The second-order valence-corrected chi connectivity index (χ2v) is 6.36. The Hall–Kier alpha value is -2.10. The Bertz CT molecular complexity index is 656. The van der Waals surface area contributed by atoms with Crippen LogP contribution in [0.2, 0.25) is 0 Å². The number of carbonyl (C=O) groups excluding carboxylic acids is 1. The van der Waals surface area contributed by atoms with Crippen LogP contribution in [0.5, 0.6) is 0 Å². The number of rotatable bonds is 5. The minimum absolute atomic E-state index is 0.0469. The van der Waals surface area contributed by atoms with Gasteiger partial charge in [-0.25, -0.2) is 4.68 Å². The lowest BCUT2D eigenvalue weighted by Gasteiger charge is -2.24. The standard InChI is InChI=1S/C18H25N3O/c1-6-18(4,5)19-17(22)12-16-13(2)20-21(14(16)3)15-10-8-7-9-11-15/h7-11H,6,12H2,1-5H3,(H,19,22). The normalized spacial score (nSPS) is 11.5. The van der Waals surface area contributed by atoms with Crippen molar-refractivity contribution in [2.45, 2.75) is 53.0 Å². The molecule has 1 amide bonds. The van der Waals surface area contributed by atoms with E-state index in [0.29, 0.717) is 6.42 Å². The summed E-state index contributed by atoms with van der Waals surface area (Å²) < 4.78 is 1.91. The molecule has 0 spiro atoms. The lowest BCUT2D eigenvalue weighted by Crippen LogP contribution is -2.43. The molecule has 2 rings (SSSR count). The zero-order valence-electron chi connectivity index (χ0n) is 14.1. The predicted octanol–water partition coefficient (Wildman–Crippen LogP) is 3.34. The van der Waals surface area contributed by atoms with Gasteiger partial charge in [0.2, 0.25) is 5.91 Å². The number of aryl methyl sites for hydroxylation is 1. The molecule has 0 aliphatic rings. The fraction of sp³-hybridized carbons (Fsp3) is 0.444. The molecule has 0 fully saturated rings. The van der Waals surface area contributed by atoms with Crippen molar-refractivity contribution in [3.63, 3.8) is 0 Å². The first-order valence-corrected chi connectivity index (χ1v) is 7.75. The first kappa shape index (κ1) is 16.3. The average molecular weight is 299 g/mol. The zero-order chi connectivity index (χ0) is 16.3. The summed E-state index contributed by atoms with van der Waals surface area (Å²) in [5.41, 5.74) is 3.78. The fourth-order valence-corrected chi connectivity index (χ4v) is 2.42. The summed E-state index contributed by atoms with van der Waals surface area (Å²) in [6.45, 7) is 10.1. The summed E-state index contributed by atoms with van der Waals surface area (Å²) in [5.74, 6) is 0.0469. The molecule has 0 saturated heterocycles. The molecule has 2 aromatic rings. The van der Waals surface area contributed by atoms with Gasteiger partial charge in [-0.15, -0.1) is 0 Å². The van der Waals surface area contributed by atoms with E-state index in [-0.39, 0.29) is 11.4 Å². The molecule has 1 aromatic heterocycles. The summed E-state index contributed by atoms with van der Waals surface area (Å²) in [4.78, 5) is 12.3. The van der Waals surface area contributed by atoms with Crippen LogP contribution in [-0.2, 0) is 11.2 Å². The van der Waals surface area contributed by atoms with E-state index in [1.807, 2.05) is 62.7 Å². The lowest BCUT2D eigenvalue weighted by molar-refractivity contribution is -0.122. The van der Waals surface area contributed by atoms with E-state index in [2.05, 4.69) is 17.3 Å². The minimum atomic E-state index is -0.172. The van der Waals surface area contributed by atoms with Gasteiger partial charge in [-0.3, -0.25) is 4.79 Å². The molecule has 1 N–H and O–H groups in total. The van der Waals surface area contributed by atoms with E-state index in [9.17, 15) is 4.79 Å². The number of para-hydroxylation sites is 1. The number of benzene rings is 1. The van der Waals surface area contributed by atoms with Crippen LogP contribution in [0.4, 0.5) is 0 Å². The van der Waals surface area contributed by atoms with Crippen LogP contribution in [0.3, 0.4) is 0 Å². The quantitative estimate of drug-likeness (QED) is 0.920. The molecule has 22 heavy (non-hydrogen) atoms. The predicted molar refractivity (Wildman–Crippen MR) is 89.3 cm³/mol. The number of hydrogen-bond donors (Lipinski definition) is 1. The number of hydrogen-bond acceptors (Lipinski definition) is 2. The van der Waals surface area contributed by atoms with Crippen LogP contribution in [0, 0.1) is 13.8 Å². The van der Waals surface area contributed by atoms with E-state index in [0.717, 1.165) is 29.1 Å². The van der Waals surface area contributed by atoms with Crippen LogP contribution in [0.15, 0.2) is 30.3 Å². The molecular formula is C18H25N3O. The Morgan fingerprint density at radius 3 is 2.45 bits per heavy atom. The van der Waals surface area contributed by atoms with Crippen LogP contribution in [-0.4, -0.2) is 21.2 Å². The maximum atomic E-state index is 12.3. The van der Waals surface area contributed by atoms with Crippen molar-refractivity contribution in [3.8, 4) is 5.69 Å². The monoisotopic (exact) mass is 299 g/mol. The highest BCUT2D eigenvalue weighted by atomic mass is 16.1. The van der Waals surface area contributed by atoms with Crippen molar-refractivity contribution in [2.75, 3.05) is 0 Å². The Kier molecular flexibility index (Phi) is 4.69. The molecule has 1 aromatic carbocycles. The van der Waals surface area contributed by atoms with Gasteiger partial charge in [0.25, 0.3) is 0 Å². The number of aromatic nitrogens is 2. The first-order valence-electron chi connectivity index (χ1n) is 7.75. The molecule has 0 unspecified atom stereocenters. The topological polar surface area (TPSA) is 46.9 Å². The van der Waals surface area contributed by atoms with Gasteiger partial charge in [0.15, 0.2) is 0 Å². The summed E-state index contributed by atoms with van der Waals surface area (Å²) in [6, 6.07) is 9.99. The molecule has 0 radical (unpaired) electrons. The molecule has 0 aliphatic carbocycles. The summed E-state index contributed by atoms with van der Waals surface area (Å²) in [7, 11) is 0. The van der Waals surface area contributed by atoms with E-state index in [1.165, 1.54) is 0 Å². The van der Waals surface area contributed by atoms with Gasteiger partial charge in [-0.05, 0) is 46.2 Å². The van der Waals surface area contributed by atoms with E-state index >= 15 is 0 Å². The highest BCUT2D eigenvalue weighted by molar-refractivity contribution is 5.79. The molecule has 0 saturated carbocycles. The lowest BCUT2D eigenvalue weighted by atomic mass is 10.0. The van der Waals surface area contributed by atoms with Crippen molar-refractivity contribution in [2.24, 2.45) is 0 Å². The minimum Gasteiger partial charge on any atom is -0.351 e. The van der Waals surface area contributed by atoms with Crippen LogP contribution >= 0.6 is 0 Å². The van der Waals surface area contributed by atoms with Gasteiger partial charge in [-0.2, -0.15) is 5.10 Å². The van der Waals surface area contributed by atoms with Crippen molar-refractivity contribution in [1.82, 2.24) is 15.1 Å². The molecular weight excluding hydrogens is 274 g/mol. The largest absolute Gasteiger partial charge is 0.351 e. The van der Waals surface area contributed by atoms with Gasteiger partial charge >= 0.3 is 0 Å². The highest BCUT2D eigenvalue weighted by Crippen LogP contribution is 2.19. The fourth-order valence-electron chi connectivity index (χ4n) is 2.42. The number of carbonyl (C=O) groups is 1. The van der Waals surface area contributed by atoms with Gasteiger partial charge in [-0.1, -0.05) is 25.1 Å². The highest BCUT2D eigenvalue weighted by Gasteiger charge is 2.21. The molecule has 118 valence electrons. The maximum absolute atomic E-state index is 12.3. The van der Waals surface area contributed by atoms with Crippen molar-refractivity contribution in [1.29, 1.82) is 0 Å². The Labute approximate surface area is 132 Å². The van der Waals surface area contributed by atoms with Crippen LogP contribution in [0.1, 0.15) is 44.1 Å². The third kappa shape index (κ3) is 3.56. The maximum Gasteiger partial charge on any atom is 0.224 e.